The molecule has 1 aliphatic rings. The molecule has 0 aromatic carbocycles. The van der Waals surface area contributed by atoms with Crippen LogP contribution in [0.4, 0.5) is 5.69 Å². The van der Waals surface area contributed by atoms with Crippen LogP contribution in [0.3, 0.4) is 0 Å². The monoisotopic (exact) mass is 239 g/mol. The van der Waals surface area contributed by atoms with E-state index in [1.807, 2.05) is 11.4 Å². The van der Waals surface area contributed by atoms with Crippen molar-refractivity contribution in [3.63, 3.8) is 0 Å². The molecular weight excluding hydrogens is 222 g/mol. The van der Waals surface area contributed by atoms with E-state index in [2.05, 4.69) is 10.6 Å². The van der Waals surface area contributed by atoms with Crippen molar-refractivity contribution in [1.29, 1.82) is 0 Å². The highest BCUT2D eigenvalue weighted by Crippen LogP contribution is 2.28. The summed E-state index contributed by atoms with van der Waals surface area (Å²) in [7, 11) is 0. The van der Waals surface area contributed by atoms with Crippen LogP contribution in [0.15, 0.2) is 11.4 Å². The van der Waals surface area contributed by atoms with E-state index in [1.165, 1.54) is 0 Å². The second-order valence-electron chi connectivity index (χ2n) is 4.04. The number of nitrogens with two attached hydrogens (primary N) is 1. The van der Waals surface area contributed by atoms with Crippen LogP contribution in [0.2, 0.25) is 0 Å². The Morgan fingerprint density at radius 3 is 2.94 bits per heavy atom. The predicted octanol–water partition coefficient (Wildman–Crippen LogP) is 0.946. The molecule has 1 fully saturated rings. The van der Waals surface area contributed by atoms with Crippen LogP contribution in [-0.4, -0.2) is 19.0 Å². The number of hydrogen-bond donors (Lipinski definition) is 3. The maximum Gasteiger partial charge on any atom is 0.223 e. The molecule has 2 rings (SSSR count). The summed E-state index contributed by atoms with van der Waals surface area (Å²) in [5.41, 5.74) is 6.60. The van der Waals surface area contributed by atoms with Crippen LogP contribution in [0.1, 0.15) is 17.7 Å². The van der Waals surface area contributed by atoms with Gasteiger partial charge in [0.1, 0.15) is 0 Å². The van der Waals surface area contributed by atoms with Gasteiger partial charge in [0.2, 0.25) is 5.91 Å². The summed E-state index contributed by atoms with van der Waals surface area (Å²) in [6.07, 6.45) is 2.12. The van der Waals surface area contributed by atoms with Crippen LogP contribution < -0.4 is 16.4 Å². The van der Waals surface area contributed by atoms with E-state index in [0.29, 0.717) is 12.5 Å². The molecule has 1 aliphatic carbocycles. The Morgan fingerprint density at radius 2 is 2.31 bits per heavy atom. The Hall–Kier alpha value is -1.07. The molecule has 1 heterocycles. The van der Waals surface area contributed by atoms with Crippen LogP contribution in [0.25, 0.3) is 0 Å². The van der Waals surface area contributed by atoms with Gasteiger partial charge in [-0.05, 0) is 24.3 Å². The van der Waals surface area contributed by atoms with Gasteiger partial charge in [0.05, 0.1) is 0 Å². The van der Waals surface area contributed by atoms with Crippen molar-refractivity contribution < 1.29 is 4.79 Å². The highest BCUT2D eigenvalue weighted by atomic mass is 32.1. The number of anilines is 1. The first-order valence-corrected chi connectivity index (χ1v) is 6.45. The van der Waals surface area contributed by atoms with E-state index in [1.54, 1.807) is 11.3 Å². The normalized spacial score (nSPS) is 15.0. The van der Waals surface area contributed by atoms with Crippen molar-refractivity contribution in [2.45, 2.75) is 19.4 Å². The fraction of sp³-hybridized carbons (Fsp3) is 0.545. The summed E-state index contributed by atoms with van der Waals surface area (Å²) in [6.45, 7) is 2.26. The highest BCUT2D eigenvalue weighted by molar-refractivity contribution is 7.10. The second-order valence-corrected chi connectivity index (χ2v) is 5.04. The first-order chi connectivity index (χ1) is 7.77. The van der Waals surface area contributed by atoms with Gasteiger partial charge in [-0.2, -0.15) is 0 Å². The molecule has 1 aromatic rings. The molecule has 1 amide bonds. The quantitative estimate of drug-likeness (QED) is 0.647. The summed E-state index contributed by atoms with van der Waals surface area (Å²) in [6, 6.07) is 1.91. The van der Waals surface area contributed by atoms with Gasteiger partial charge in [0.15, 0.2) is 0 Å². The number of carbonyl (C=O) groups is 1. The van der Waals surface area contributed by atoms with Gasteiger partial charge in [-0.15, -0.1) is 11.3 Å². The lowest BCUT2D eigenvalue weighted by Crippen LogP contribution is -2.32. The van der Waals surface area contributed by atoms with Crippen molar-refractivity contribution in [1.82, 2.24) is 10.6 Å². The standard InChI is InChI=1S/C11H17N3OS/c12-9-3-6-16-10(9)7-13-4-5-14-11(15)8-1-2-8/h3,6,8,13H,1-2,4-5,7,12H2,(H,14,15). The Bertz CT molecular complexity index is 360. The molecule has 1 saturated carbocycles. The first kappa shape index (κ1) is 11.4. The lowest BCUT2D eigenvalue weighted by Gasteiger charge is -2.05. The number of thiophene rings is 1. The summed E-state index contributed by atoms with van der Waals surface area (Å²) in [5.74, 6) is 0.505. The van der Waals surface area contributed by atoms with E-state index in [-0.39, 0.29) is 5.91 Å². The lowest BCUT2D eigenvalue weighted by atomic mass is 10.4. The summed E-state index contributed by atoms with van der Waals surface area (Å²) in [4.78, 5) is 12.5. The maximum absolute atomic E-state index is 11.3. The van der Waals surface area contributed by atoms with E-state index in [9.17, 15) is 4.79 Å². The van der Waals surface area contributed by atoms with Gasteiger partial charge < -0.3 is 16.4 Å². The molecular formula is C11H17N3OS. The van der Waals surface area contributed by atoms with Crippen molar-refractivity contribution in [2.75, 3.05) is 18.8 Å². The molecule has 16 heavy (non-hydrogen) atoms. The van der Waals surface area contributed by atoms with Gasteiger partial charge in [0, 0.05) is 36.1 Å². The Morgan fingerprint density at radius 1 is 1.50 bits per heavy atom. The number of nitrogens with one attached hydrogen (secondary N) is 2. The Balaban J connectivity index is 1.55. The Labute approximate surface area is 99.2 Å². The molecule has 0 aliphatic heterocycles. The van der Waals surface area contributed by atoms with Crippen molar-refractivity contribution in [3.8, 4) is 0 Å². The zero-order chi connectivity index (χ0) is 11.4. The van der Waals surface area contributed by atoms with Gasteiger partial charge in [-0.3, -0.25) is 4.79 Å². The van der Waals surface area contributed by atoms with Crippen LogP contribution >= 0.6 is 11.3 Å². The summed E-state index contributed by atoms with van der Waals surface area (Å²) < 4.78 is 0. The number of amides is 1. The largest absolute Gasteiger partial charge is 0.398 e. The first-order valence-electron chi connectivity index (χ1n) is 5.57. The zero-order valence-electron chi connectivity index (χ0n) is 9.16. The minimum Gasteiger partial charge on any atom is -0.398 e. The molecule has 0 atom stereocenters. The van der Waals surface area contributed by atoms with Crippen LogP contribution in [0, 0.1) is 5.92 Å². The topological polar surface area (TPSA) is 67.2 Å². The minimum absolute atomic E-state index is 0.206. The minimum atomic E-state index is 0.206. The average molecular weight is 239 g/mol. The third-order valence-electron chi connectivity index (χ3n) is 2.61. The van der Waals surface area contributed by atoms with E-state index in [4.69, 9.17) is 5.73 Å². The Kier molecular flexibility index (Phi) is 3.79. The molecule has 0 bridgehead atoms. The molecule has 0 unspecified atom stereocenters. The van der Waals surface area contributed by atoms with E-state index in [0.717, 1.165) is 36.5 Å². The third-order valence-corrected chi connectivity index (χ3v) is 3.55. The van der Waals surface area contributed by atoms with Gasteiger partial charge in [-0.25, -0.2) is 0 Å². The average Bonchev–Trinajstić information content (AvgIpc) is 3.04. The summed E-state index contributed by atoms with van der Waals surface area (Å²) >= 11 is 1.65. The van der Waals surface area contributed by atoms with Crippen LogP contribution in [0.5, 0.6) is 0 Å². The third kappa shape index (κ3) is 3.21. The number of hydrogen-bond acceptors (Lipinski definition) is 4. The molecule has 1 aromatic heterocycles. The molecule has 5 heteroatoms. The van der Waals surface area contributed by atoms with Gasteiger partial charge >= 0.3 is 0 Å². The smallest absolute Gasteiger partial charge is 0.223 e. The number of rotatable bonds is 6. The lowest BCUT2D eigenvalue weighted by molar-refractivity contribution is -0.122. The molecule has 88 valence electrons. The number of nitrogen functional groups attached to an aromatic ring is 1. The number of carbonyl (C=O) groups excluding carboxylic acids is 1. The molecule has 0 spiro atoms. The second kappa shape index (κ2) is 5.32. The maximum atomic E-state index is 11.3. The van der Waals surface area contributed by atoms with Gasteiger partial charge in [0.25, 0.3) is 0 Å². The van der Waals surface area contributed by atoms with E-state index >= 15 is 0 Å². The predicted molar refractivity (Wildman–Crippen MR) is 66.2 cm³/mol. The SMILES string of the molecule is Nc1ccsc1CNCCNC(=O)C1CC1. The van der Waals surface area contributed by atoms with E-state index < -0.39 is 0 Å². The summed E-state index contributed by atoms with van der Waals surface area (Å²) in [5, 5.41) is 8.16. The van der Waals surface area contributed by atoms with Crippen molar-refractivity contribution >= 4 is 22.9 Å². The molecule has 0 radical (unpaired) electrons. The van der Waals surface area contributed by atoms with Gasteiger partial charge in [-0.1, -0.05) is 0 Å². The molecule has 4 N–H and O–H groups in total. The zero-order valence-corrected chi connectivity index (χ0v) is 9.98. The molecule has 4 nitrogen and oxygen atoms in total. The van der Waals surface area contributed by atoms with Crippen LogP contribution in [-0.2, 0) is 11.3 Å². The van der Waals surface area contributed by atoms with Crippen molar-refractivity contribution in [3.05, 3.63) is 16.3 Å². The fourth-order valence-corrected chi connectivity index (χ4v) is 2.23. The van der Waals surface area contributed by atoms with Crippen molar-refractivity contribution in [2.24, 2.45) is 5.92 Å². The molecule has 0 saturated heterocycles. The fourth-order valence-electron chi connectivity index (χ4n) is 1.46. The highest BCUT2D eigenvalue weighted by Gasteiger charge is 2.28.